The van der Waals surface area contributed by atoms with Gasteiger partial charge in [0.2, 0.25) is 5.91 Å². The lowest BCUT2D eigenvalue weighted by molar-refractivity contribution is -0.116. The van der Waals surface area contributed by atoms with Crippen molar-refractivity contribution in [3.05, 3.63) is 28.2 Å². The summed E-state index contributed by atoms with van der Waals surface area (Å²) in [7, 11) is 0. The molecule has 0 heterocycles. The Morgan fingerprint density at radius 2 is 2.15 bits per heavy atom. The van der Waals surface area contributed by atoms with Crippen LogP contribution in [0.25, 0.3) is 0 Å². The predicted octanol–water partition coefficient (Wildman–Crippen LogP) is 4.54. The molecule has 1 aromatic carbocycles. The van der Waals surface area contributed by atoms with Crippen LogP contribution in [0.15, 0.2) is 27.7 Å². The smallest absolute Gasteiger partial charge is 0.226 e. The van der Waals surface area contributed by atoms with Crippen LogP contribution in [-0.2, 0) is 4.79 Å². The molecule has 1 amide bonds. The van der Waals surface area contributed by atoms with Gasteiger partial charge in [0.05, 0.1) is 6.54 Å². The molecule has 1 aliphatic rings. The first-order valence-corrected chi connectivity index (χ1v) is 11.2. The zero-order valence-electron chi connectivity index (χ0n) is 16.2. The SMILES string of the molecule is CCNC(=NCCC(=O)Nc1ccc(Br)cc1C)NC1CCC(SC)C1.I. The van der Waals surface area contributed by atoms with E-state index in [2.05, 4.69) is 50.1 Å². The van der Waals surface area contributed by atoms with E-state index >= 15 is 0 Å². The van der Waals surface area contributed by atoms with E-state index < -0.39 is 0 Å². The summed E-state index contributed by atoms with van der Waals surface area (Å²) < 4.78 is 1.01. The van der Waals surface area contributed by atoms with Crippen LogP contribution in [0.4, 0.5) is 5.69 Å². The van der Waals surface area contributed by atoms with Gasteiger partial charge in [0.25, 0.3) is 0 Å². The first-order chi connectivity index (χ1) is 12.5. The predicted molar refractivity (Wildman–Crippen MR) is 132 cm³/mol. The minimum absolute atomic E-state index is 0. The average Bonchev–Trinajstić information content (AvgIpc) is 3.05. The highest BCUT2D eigenvalue weighted by molar-refractivity contribution is 14.0. The third-order valence-corrected chi connectivity index (χ3v) is 6.06. The van der Waals surface area contributed by atoms with E-state index in [-0.39, 0.29) is 29.9 Å². The van der Waals surface area contributed by atoms with E-state index in [9.17, 15) is 4.79 Å². The zero-order chi connectivity index (χ0) is 18.9. The Balaban J connectivity index is 0.00000364. The Morgan fingerprint density at radius 1 is 1.37 bits per heavy atom. The Kier molecular flexibility index (Phi) is 11.7. The fourth-order valence-electron chi connectivity index (χ4n) is 3.05. The van der Waals surface area contributed by atoms with Crippen molar-refractivity contribution in [2.45, 2.75) is 50.8 Å². The van der Waals surface area contributed by atoms with Crippen LogP contribution < -0.4 is 16.0 Å². The third-order valence-electron chi connectivity index (χ3n) is 4.47. The number of hydrogen-bond acceptors (Lipinski definition) is 3. The molecule has 2 unspecified atom stereocenters. The van der Waals surface area contributed by atoms with E-state index in [4.69, 9.17) is 0 Å². The zero-order valence-corrected chi connectivity index (χ0v) is 20.9. The van der Waals surface area contributed by atoms with Crippen molar-refractivity contribution in [2.75, 3.05) is 24.7 Å². The lowest BCUT2D eigenvalue weighted by Gasteiger charge is -2.17. The first-order valence-electron chi connectivity index (χ1n) is 9.15. The number of carbonyl (C=O) groups is 1. The van der Waals surface area contributed by atoms with Crippen LogP contribution in [-0.4, -0.2) is 42.5 Å². The number of thioether (sulfide) groups is 1. The van der Waals surface area contributed by atoms with Gasteiger partial charge in [0, 0.05) is 34.4 Å². The molecule has 0 bridgehead atoms. The van der Waals surface area contributed by atoms with Gasteiger partial charge in [-0.2, -0.15) is 11.8 Å². The number of halogens is 2. The number of aliphatic imine (C=N–C) groups is 1. The van der Waals surface area contributed by atoms with Gasteiger partial charge in [-0.15, -0.1) is 24.0 Å². The summed E-state index contributed by atoms with van der Waals surface area (Å²) in [5.74, 6) is 0.796. The molecule has 0 aromatic heterocycles. The molecule has 8 heteroatoms. The number of aryl methyl sites for hydroxylation is 1. The number of anilines is 1. The van der Waals surface area contributed by atoms with Gasteiger partial charge in [-0.05, 0) is 63.1 Å². The molecule has 27 heavy (non-hydrogen) atoms. The molecule has 0 radical (unpaired) electrons. The minimum Gasteiger partial charge on any atom is -0.357 e. The summed E-state index contributed by atoms with van der Waals surface area (Å²) in [5, 5.41) is 10.5. The lowest BCUT2D eigenvalue weighted by Crippen LogP contribution is -2.42. The second-order valence-electron chi connectivity index (χ2n) is 6.53. The number of benzene rings is 1. The van der Waals surface area contributed by atoms with Crippen LogP contribution >= 0.6 is 51.7 Å². The number of hydrogen-bond donors (Lipinski definition) is 3. The highest BCUT2D eigenvalue weighted by atomic mass is 127. The maximum atomic E-state index is 12.2. The number of guanidine groups is 1. The van der Waals surface area contributed by atoms with Gasteiger partial charge < -0.3 is 16.0 Å². The molecule has 1 saturated carbocycles. The van der Waals surface area contributed by atoms with Crippen LogP contribution in [0, 0.1) is 6.92 Å². The standard InChI is InChI=1S/C19H29BrN4OS.HI/c1-4-21-19(23-15-6-7-16(12-15)26-3)22-10-9-18(25)24-17-8-5-14(20)11-13(17)2;/h5,8,11,15-16H,4,6-7,9-10,12H2,1-3H3,(H,24,25)(H2,21,22,23);1H. The highest BCUT2D eigenvalue weighted by Gasteiger charge is 2.24. The molecule has 2 atom stereocenters. The van der Waals surface area contributed by atoms with Gasteiger partial charge in [0.1, 0.15) is 0 Å². The number of nitrogens with one attached hydrogen (secondary N) is 3. The van der Waals surface area contributed by atoms with E-state index in [0.717, 1.165) is 33.5 Å². The quantitative estimate of drug-likeness (QED) is 0.257. The van der Waals surface area contributed by atoms with Crippen molar-refractivity contribution < 1.29 is 4.79 Å². The Hall–Kier alpha value is -0.480. The lowest BCUT2D eigenvalue weighted by atomic mass is 10.2. The van der Waals surface area contributed by atoms with Crippen LogP contribution in [0.5, 0.6) is 0 Å². The summed E-state index contributed by atoms with van der Waals surface area (Å²) in [6.07, 6.45) is 6.16. The van der Waals surface area contributed by atoms with E-state index in [1.54, 1.807) is 0 Å². The molecule has 2 rings (SSSR count). The Morgan fingerprint density at radius 3 is 2.78 bits per heavy atom. The molecule has 1 aliphatic carbocycles. The first kappa shape index (κ1) is 24.6. The summed E-state index contributed by atoms with van der Waals surface area (Å²) in [6, 6.07) is 6.31. The summed E-state index contributed by atoms with van der Waals surface area (Å²) in [6.45, 7) is 5.32. The maximum absolute atomic E-state index is 12.2. The van der Waals surface area contributed by atoms with Crippen molar-refractivity contribution in [1.82, 2.24) is 10.6 Å². The summed E-state index contributed by atoms with van der Waals surface area (Å²) >= 11 is 5.38. The molecule has 0 aliphatic heterocycles. The van der Waals surface area contributed by atoms with Crippen molar-refractivity contribution in [3.63, 3.8) is 0 Å². The second kappa shape index (κ2) is 12.9. The normalized spacial score (nSPS) is 19.3. The molecule has 0 spiro atoms. The van der Waals surface area contributed by atoms with Crippen LogP contribution in [0.2, 0.25) is 0 Å². The van der Waals surface area contributed by atoms with Crippen molar-refractivity contribution >= 4 is 69.2 Å². The summed E-state index contributed by atoms with van der Waals surface area (Å²) in [4.78, 5) is 16.7. The number of carbonyl (C=O) groups excluding carboxylic acids is 1. The number of nitrogens with zero attached hydrogens (tertiary/aromatic N) is 1. The third kappa shape index (κ3) is 8.60. The average molecular weight is 569 g/mol. The Labute approximate surface area is 192 Å². The minimum atomic E-state index is -0.0154. The molecule has 0 saturated heterocycles. The monoisotopic (exact) mass is 568 g/mol. The largest absolute Gasteiger partial charge is 0.357 e. The van der Waals surface area contributed by atoms with Crippen molar-refractivity contribution in [1.29, 1.82) is 0 Å². The van der Waals surface area contributed by atoms with E-state index in [1.165, 1.54) is 19.3 Å². The van der Waals surface area contributed by atoms with Gasteiger partial charge in [-0.1, -0.05) is 15.9 Å². The maximum Gasteiger partial charge on any atom is 0.226 e. The fourth-order valence-corrected chi connectivity index (χ4v) is 4.32. The molecule has 3 N–H and O–H groups in total. The van der Waals surface area contributed by atoms with Gasteiger partial charge in [-0.3, -0.25) is 9.79 Å². The molecular formula is C19H30BrIN4OS. The fraction of sp³-hybridized carbons (Fsp3) is 0.579. The number of rotatable bonds is 7. The highest BCUT2D eigenvalue weighted by Crippen LogP contribution is 2.28. The van der Waals surface area contributed by atoms with Gasteiger partial charge >= 0.3 is 0 Å². The molecule has 5 nitrogen and oxygen atoms in total. The summed E-state index contributed by atoms with van der Waals surface area (Å²) in [5.41, 5.74) is 1.89. The van der Waals surface area contributed by atoms with Crippen molar-refractivity contribution in [2.24, 2.45) is 4.99 Å². The Bertz CT molecular complexity index is 644. The van der Waals surface area contributed by atoms with Crippen molar-refractivity contribution in [3.8, 4) is 0 Å². The van der Waals surface area contributed by atoms with E-state index in [0.29, 0.717) is 19.0 Å². The topological polar surface area (TPSA) is 65.5 Å². The van der Waals surface area contributed by atoms with Crippen LogP contribution in [0.1, 0.15) is 38.2 Å². The van der Waals surface area contributed by atoms with E-state index in [1.807, 2.05) is 36.9 Å². The van der Waals surface area contributed by atoms with Gasteiger partial charge in [-0.25, -0.2) is 0 Å². The molecule has 1 aromatic rings. The molecule has 1 fully saturated rings. The van der Waals surface area contributed by atoms with Gasteiger partial charge in [0.15, 0.2) is 5.96 Å². The number of amides is 1. The van der Waals surface area contributed by atoms with Crippen LogP contribution in [0.3, 0.4) is 0 Å². The second-order valence-corrected chi connectivity index (χ2v) is 8.58. The molecular weight excluding hydrogens is 539 g/mol. The molecule has 152 valence electrons.